The van der Waals surface area contributed by atoms with Gasteiger partial charge in [-0.3, -0.25) is 4.79 Å². The van der Waals surface area contributed by atoms with E-state index in [1.54, 1.807) is 20.8 Å². The molecule has 0 saturated heterocycles. The highest BCUT2D eigenvalue weighted by Crippen LogP contribution is 2.36. The third kappa shape index (κ3) is 4.87. The molecule has 0 aliphatic heterocycles. The average Bonchev–Trinajstić information content (AvgIpc) is 2.45. The summed E-state index contributed by atoms with van der Waals surface area (Å²) < 4.78 is 60.8. The minimum atomic E-state index is -3.19. The van der Waals surface area contributed by atoms with Crippen molar-refractivity contribution in [1.82, 2.24) is 4.72 Å². The van der Waals surface area contributed by atoms with E-state index in [0.29, 0.717) is 0 Å². The number of carbonyl (C=O) groups excluding carboxylic acids is 1. The summed E-state index contributed by atoms with van der Waals surface area (Å²) in [7, 11) is 0. The van der Waals surface area contributed by atoms with Crippen molar-refractivity contribution in [3.63, 3.8) is 0 Å². The molecule has 0 aliphatic rings. The lowest BCUT2D eigenvalue weighted by Crippen LogP contribution is -2.56. The molecule has 0 heterocycles. The van der Waals surface area contributed by atoms with Crippen LogP contribution in [0.3, 0.4) is 0 Å². The highest BCUT2D eigenvalue weighted by molar-refractivity contribution is 7.90. The lowest BCUT2D eigenvalue weighted by Gasteiger charge is -2.36. The van der Waals surface area contributed by atoms with Crippen LogP contribution in [0.1, 0.15) is 39.7 Å². The summed E-state index contributed by atoms with van der Waals surface area (Å²) >= 11 is -1.96. The monoisotopic (exact) mass is 365 g/mol. The van der Waals surface area contributed by atoms with Gasteiger partial charge in [0.15, 0.2) is 5.54 Å². The Kier molecular flexibility index (Phi) is 7.12. The van der Waals surface area contributed by atoms with Crippen LogP contribution >= 0.6 is 0 Å². The Bertz CT molecular complexity index is 566. The summed E-state index contributed by atoms with van der Waals surface area (Å²) in [5.41, 5.74) is -2.87. The molecular formula is C16H22F3NO3S. The third-order valence-electron chi connectivity index (χ3n) is 3.29. The molecule has 136 valence electrons. The maximum atomic E-state index is 14.2. The highest BCUT2D eigenvalue weighted by atomic mass is 32.2. The van der Waals surface area contributed by atoms with Crippen LogP contribution in [0, 0.1) is 5.82 Å². The molecule has 1 unspecified atom stereocenters. The van der Waals surface area contributed by atoms with Crippen LogP contribution in [0.15, 0.2) is 24.3 Å². The lowest BCUT2D eigenvalue weighted by molar-refractivity contribution is -0.147. The molecule has 0 amide bonds. The predicted molar refractivity (Wildman–Crippen MR) is 86.4 cm³/mol. The third-order valence-corrected chi connectivity index (χ3v) is 4.95. The van der Waals surface area contributed by atoms with Gasteiger partial charge in [-0.1, -0.05) is 18.2 Å². The fourth-order valence-corrected chi connectivity index (χ4v) is 2.91. The Labute approximate surface area is 143 Å². The zero-order chi connectivity index (χ0) is 18.5. The molecule has 24 heavy (non-hydrogen) atoms. The summed E-state index contributed by atoms with van der Waals surface area (Å²) in [5, 5.41) is 0. The van der Waals surface area contributed by atoms with E-state index in [0.717, 1.165) is 12.1 Å². The smallest absolute Gasteiger partial charge is 0.308 e. The molecule has 0 fully saturated rings. The summed E-state index contributed by atoms with van der Waals surface area (Å²) in [6.45, 7) is 6.28. The van der Waals surface area contributed by atoms with Crippen LogP contribution in [0.5, 0.6) is 0 Å². The minimum absolute atomic E-state index is 0.00220. The van der Waals surface area contributed by atoms with E-state index in [1.807, 2.05) is 0 Å². The van der Waals surface area contributed by atoms with Crippen molar-refractivity contribution in [3.05, 3.63) is 35.6 Å². The summed E-state index contributed by atoms with van der Waals surface area (Å²) in [4.78, 5) is 11.9. The molecule has 2 atom stereocenters. The quantitative estimate of drug-likeness (QED) is 0.595. The summed E-state index contributed by atoms with van der Waals surface area (Å²) in [6.07, 6.45) is -4.04. The molecule has 0 aliphatic carbocycles. The standard InChI is InChI=1S/C16H22F3NO3S/c1-5-23-13(21)10-16(14(18)19,20-24(22)15(2,3)4)11-8-6-7-9-12(11)17/h6-9,14,20H,5,10H2,1-4H3/t16-,24?/m1/s1. The zero-order valence-corrected chi connectivity index (χ0v) is 14.9. The maximum absolute atomic E-state index is 14.2. The van der Waals surface area contributed by atoms with Gasteiger partial charge in [0, 0.05) is 16.9 Å². The first-order chi connectivity index (χ1) is 11.0. The van der Waals surface area contributed by atoms with E-state index >= 15 is 0 Å². The fraction of sp³-hybridized carbons (Fsp3) is 0.562. The van der Waals surface area contributed by atoms with E-state index in [9.17, 15) is 22.5 Å². The second-order valence-corrected chi connectivity index (χ2v) is 8.18. The molecule has 0 saturated carbocycles. The Hall–Kier alpha value is -1.25. The molecule has 0 aromatic heterocycles. The summed E-state index contributed by atoms with van der Waals surface area (Å²) in [5.74, 6) is -1.85. The SMILES string of the molecule is CCOC(=O)C[C@@](N[S+]([O-])C(C)(C)C)(c1ccccc1F)C(F)F. The van der Waals surface area contributed by atoms with Gasteiger partial charge in [-0.25, -0.2) is 13.2 Å². The van der Waals surface area contributed by atoms with E-state index in [-0.39, 0.29) is 6.61 Å². The Morgan fingerprint density at radius 2 is 1.92 bits per heavy atom. The molecule has 0 radical (unpaired) electrons. The number of alkyl halides is 2. The zero-order valence-electron chi connectivity index (χ0n) is 14.1. The second kappa shape index (κ2) is 8.22. The largest absolute Gasteiger partial charge is 0.598 e. The number of hydrogen-bond donors (Lipinski definition) is 1. The van der Waals surface area contributed by atoms with Gasteiger partial charge in [0.1, 0.15) is 10.6 Å². The average molecular weight is 365 g/mol. The molecule has 4 nitrogen and oxygen atoms in total. The van der Waals surface area contributed by atoms with Gasteiger partial charge in [-0.05, 0) is 33.8 Å². The van der Waals surface area contributed by atoms with Crippen molar-refractivity contribution in [2.45, 2.75) is 50.8 Å². The Morgan fingerprint density at radius 3 is 2.38 bits per heavy atom. The normalized spacial score (nSPS) is 15.9. The van der Waals surface area contributed by atoms with Gasteiger partial charge in [0.25, 0.3) is 6.43 Å². The van der Waals surface area contributed by atoms with Gasteiger partial charge >= 0.3 is 5.97 Å². The van der Waals surface area contributed by atoms with Crippen molar-refractivity contribution < 1.29 is 27.3 Å². The molecule has 0 bridgehead atoms. The number of benzene rings is 1. The number of halogens is 3. The van der Waals surface area contributed by atoms with Crippen LogP contribution in [0.25, 0.3) is 0 Å². The Morgan fingerprint density at radius 1 is 1.33 bits per heavy atom. The molecule has 8 heteroatoms. The molecule has 1 N–H and O–H groups in total. The summed E-state index contributed by atoms with van der Waals surface area (Å²) in [6, 6.07) is 4.88. The van der Waals surface area contributed by atoms with Gasteiger partial charge < -0.3 is 9.29 Å². The number of esters is 1. The van der Waals surface area contributed by atoms with Crippen molar-refractivity contribution >= 4 is 17.3 Å². The maximum Gasteiger partial charge on any atom is 0.308 e. The number of hydrogen-bond acceptors (Lipinski definition) is 4. The number of ether oxygens (including phenoxy) is 1. The molecule has 1 aromatic carbocycles. The predicted octanol–water partition coefficient (Wildman–Crippen LogP) is 3.29. The van der Waals surface area contributed by atoms with Gasteiger partial charge in [0.05, 0.1) is 13.0 Å². The molecule has 1 aromatic rings. The van der Waals surface area contributed by atoms with Crippen molar-refractivity contribution in [1.29, 1.82) is 0 Å². The lowest BCUT2D eigenvalue weighted by atomic mass is 9.87. The molecule has 1 rings (SSSR count). The molecule has 0 spiro atoms. The van der Waals surface area contributed by atoms with Crippen LogP contribution in [-0.4, -0.2) is 28.3 Å². The van der Waals surface area contributed by atoms with Gasteiger partial charge in [-0.2, -0.15) is 0 Å². The highest BCUT2D eigenvalue weighted by Gasteiger charge is 2.51. The number of nitrogens with one attached hydrogen (secondary N) is 1. The Balaban J connectivity index is 3.40. The van der Waals surface area contributed by atoms with E-state index < -0.39 is 51.8 Å². The van der Waals surface area contributed by atoms with E-state index in [4.69, 9.17) is 4.74 Å². The van der Waals surface area contributed by atoms with Crippen molar-refractivity contribution in [2.75, 3.05) is 6.61 Å². The van der Waals surface area contributed by atoms with Crippen LogP contribution < -0.4 is 4.72 Å². The van der Waals surface area contributed by atoms with Gasteiger partial charge in [0.2, 0.25) is 0 Å². The van der Waals surface area contributed by atoms with E-state index in [1.165, 1.54) is 19.1 Å². The van der Waals surface area contributed by atoms with E-state index in [2.05, 4.69) is 4.72 Å². The first-order valence-electron chi connectivity index (χ1n) is 7.43. The van der Waals surface area contributed by atoms with Crippen LogP contribution in [0.2, 0.25) is 0 Å². The van der Waals surface area contributed by atoms with Crippen LogP contribution in [-0.2, 0) is 26.4 Å². The minimum Gasteiger partial charge on any atom is -0.598 e. The number of carbonyl (C=O) groups is 1. The van der Waals surface area contributed by atoms with Crippen LogP contribution in [0.4, 0.5) is 13.2 Å². The van der Waals surface area contributed by atoms with Gasteiger partial charge in [-0.15, -0.1) is 4.72 Å². The first-order valence-corrected chi connectivity index (χ1v) is 8.58. The number of rotatable bonds is 7. The molecular weight excluding hydrogens is 343 g/mol. The second-order valence-electron chi connectivity index (χ2n) is 6.22. The van der Waals surface area contributed by atoms with Crippen molar-refractivity contribution in [3.8, 4) is 0 Å². The first kappa shape index (κ1) is 20.8. The topological polar surface area (TPSA) is 61.4 Å². The van der Waals surface area contributed by atoms with Crippen molar-refractivity contribution in [2.24, 2.45) is 0 Å². The fourth-order valence-electron chi connectivity index (χ4n) is 2.01.